The van der Waals surface area contributed by atoms with Crippen LogP contribution in [0, 0.1) is 0 Å². The highest BCUT2D eigenvalue weighted by Gasteiger charge is 2.30. The van der Waals surface area contributed by atoms with Gasteiger partial charge in [0.15, 0.2) is 0 Å². The molecule has 2 rings (SSSR count). The van der Waals surface area contributed by atoms with Gasteiger partial charge in [-0.15, -0.1) is 0 Å². The molecule has 33 heavy (non-hydrogen) atoms. The van der Waals surface area contributed by atoms with Gasteiger partial charge in [0.2, 0.25) is 21.8 Å². The summed E-state index contributed by atoms with van der Waals surface area (Å²) in [5.74, 6) is -0.810. The van der Waals surface area contributed by atoms with Crippen LogP contribution in [0.15, 0.2) is 53.0 Å². The highest BCUT2D eigenvalue weighted by molar-refractivity contribution is 9.10. The molecule has 7 nitrogen and oxygen atoms in total. The molecule has 0 radical (unpaired) electrons. The molecular formula is C24H32BrN3O4S. The Bertz CT molecular complexity index is 1100. The molecule has 0 aliphatic heterocycles. The molecule has 1 atom stereocenters. The lowest BCUT2D eigenvalue weighted by atomic mass is 9.87. The summed E-state index contributed by atoms with van der Waals surface area (Å²) >= 11 is 3.42. The number of amides is 2. The molecule has 2 amide bonds. The fourth-order valence-electron chi connectivity index (χ4n) is 3.36. The minimum atomic E-state index is -3.75. The predicted molar refractivity (Wildman–Crippen MR) is 136 cm³/mol. The third-order valence-electron chi connectivity index (χ3n) is 5.36. The summed E-state index contributed by atoms with van der Waals surface area (Å²) in [6.07, 6.45) is 1.07. The Morgan fingerprint density at radius 1 is 1.09 bits per heavy atom. The van der Waals surface area contributed by atoms with E-state index in [0.29, 0.717) is 5.69 Å². The van der Waals surface area contributed by atoms with Crippen LogP contribution in [0.2, 0.25) is 0 Å². The molecule has 2 aromatic carbocycles. The Kier molecular flexibility index (Phi) is 8.70. The fraction of sp³-hybridized carbons (Fsp3) is 0.417. The van der Waals surface area contributed by atoms with E-state index in [-0.39, 0.29) is 17.9 Å². The first-order valence-electron chi connectivity index (χ1n) is 10.6. The molecular weight excluding hydrogens is 506 g/mol. The van der Waals surface area contributed by atoms with E-state index in [9.17, 15) is 18.0 Å². The summed E-state index contributed by atoms with van der Waals surface area (Å²) < 4.78 is 27.1. The first-order chi connectivity index (χ1) is 15.2. The lowest BCUT2D eigenvalue weighted by Crippen LogP contribution is -2.50. The summed E-state index contributed by atoms with van der Waals surface area (Å²) in [7, 11) is -2.25. The van der Waals surface area contributed by atoms with Crippen LogP contribution >= 0.6 is 15.9 Å². The number of hydrogen-bond donors (Lipinski definition) is 1. The van der Waals surface area contributed by atoms with Gasteiger partial charge >= 0.3 is 0 Å². The van der Waals surface area contributed by atoms with E-state index < -0.39 is 28.5 Å². The maximum atomic E-state index is 13.4. The van der Waals surface area contributed by atoms with Crippen molar-refractivity contribution < 1.29 is 18.0 Å². The summed E-state index contributed by atoms with van der Waals surface area (Å²) in [5, 5.41) is 2.56. The van der Waals surface area contributed by atoms with Crippen molar-refractivity contribution in [2.75, 3.05) is 24.2 Å². The predicted octanol–water partition coefficient (Wildman–Crippen LogP) is 3.68. The number of rotatable bonds is 8. The van der Waals surface area contributed by atoms with E-state index in [2.05, 4.69) is 42.0 Å². The van der Waals surface area contributed by atoms with Crippen molar-refractivity contribution in [2.45, 2.75) is 45.7 Å². The molecule has 1 N–H and O–H groups in total. The van der Waals surface area contributed by atoms with Crippen molar-refractivity contribution in [2.24, 2.45) is 0 Å². The van der Waals surface area contributed by atoms with E-state index in [1.165, 1.54) is 11.9 Å². The number of benzene rings is 2. The van der Waals surface area contributed by atoms with Crippen LogP contribution in [0.5, 0.6) is 0 Å². The van der Waals surface area contributed by atoms with Gasteiger partial charge in [0.25, 0.3) is 0 Å². The Morgan fingerprint density at radius 3 is 2.18 bits per heavy atom. The van der Waals surface area contributed by atoms with E-state index in [4.69, 9.17) is 0 Å². The third kappa shape index (κ3) is 7.30. The number of carbonyl (C=O) groups excluding carboxylic acids is 2. The lowest BCUT2D eigenvalue weighted by Gasteiger charge is -2.31. The number of carbonyl (C=O) groups is 2. The maximum Gasteiger partial charge on any atom is 0.244 e. The van der Waals surface area contributed by atoms with Gasteiger partial charge in [-0.05, 0) is 47.7 Å². The summed E-state index contributed by atoms with van der Waals surface area (Å²) in [4.78, 5) is 27.1. The van der Waals surface area contributed by atoms with Crippen LogP contribution in [0.1, 0.15) is 38.8 Å². The zero-order chi connectivity index (χ0) is 25.0. The van der Waals surface area contributed by atoms with Crippen molar-refractivity contribution in [3.63, 3.8) is 0 Å². The molecule has 0 saturated carbocycles. The number of nitrogens with one attached hydrogen (secondary N) is 1. The first-order valence-corrected chi connectivity index (χ1v) is 13.2. The molecule has 2 aromatic rings. The van der Waals surface area contributed by atoms with Crippen LogP contribution in [0.25, 0.3) is 0 Å². The highest BCUT2D eigenvalue weighted by Crippen LogP contribution is 2.26. The molecule has 0 unspecified atom stereocenters. The zero-order valence-electron chi connectivity index (χ0n) is 19.9. The van der Waals surface area contributed by atoms with Gasteiger partial charge in [0, 0.05) is 18.1 Å². The fourth-order valence-corrected chi connectivity index (χ4v) is 4.66. The standard InChI is InChI=1S/C24H32BrN3O4S/c1-17(23(30)26-5)27(15-18-8-7-9-20(25)14-18)22(29)16-28(33(6,31)32)21-12-10-19(11-13-21)24(2,3)4/h7-14,17H,15-16H2,1-6H3,(H,26,30)/t17-/m0/s1. The monoisotopic (exact) mass is 537 g/mol. The largest absolute Gasteiger partial charge is 0.357 e. The lowest BCUT2D eigenvalue weighted by molar-refractivity contribution is -0.139. The molecule has 0 aliphatic carbocycles. The molecule has 0 aromatic heterocycles. The van der Waals surface area contributed by atoms with E-state index in [1.54, 1.807) is 19.1 Å². The summed E-state index contributed by atoms with van der Waals surface area (Å²) in [6.45, 7) is 7.58. The van der Waals surface area contributed by atoms with Crippen molar-refractivity contribution in [1.82, 2.24) is 10.2 Å². The smallest absolute Gasteiger partial charge is 0.244 e. The Labute approximate surface area is 205 Å². The zero-order valence-corrected chi connectivity index (χ0v) is 22.3. The average Bonchev–Trinajstić information content (AvgIpc) is 2.73. The topological polar surface area (TPSA) is 86.8 Å². The number of sulfonamides is 1. The summed E-state index contributed by atoms with van der Waals surface area (Å²) in [5.41, 5.74) is 2.17. The van der Waals surface area contributed by atoms with E-state index >= 15 is 0 Å². The van der Waals surface area contributed by atoms with Gasteiger partial charge in [-0.3, -0.25) is 13.9 Å². The highest BCUT2D eigenvalue weighted by atomic mass is 79.9. The normalized spacial score (nSPS) is 12.7. The minimum Gasteiger partial charge on any atom is -0.357 e. The van der Waals surface area contributed by atoms with Gasteiger partial charge in [-0.2, -0.15) is 0 Å². The second-order valence-electron chi connectivity index (χ2n) is 9.01. The molecule has 9 heteroatoms. The van der Waals surface area contributed by atoms with Crippen LogP contribution < -0.4 is 9.62 Å². The number of likely N-dealkylation sites (N-methyl/N-ethyl adjacent to an activating group) is 1. The second-order valence-corrected chi connectivity index (χ2v) is 11.8. The van der Waals surface area contributed by atoms with Crippen LogP contribution in [0.4, 0.5) is 5.69 Å². The second kappa shape index (κ2) is 10.7. The third-order valence-corrected chi connectivity index (χ3v) is 6.99. The first kappa shape index (κ1) is 26.9. The number of anilines is 1. The maximum absolute atomic E-state index is 13.4. The number of hydrogen-bond acceptors (Lipinski definition) is 4. The Morgan fingerprint density at radius 2 is 1.70 bits per heavy atom. The van der Waals surface area contributed by atoms with E-state index in [1.807, 2.05) is 36.4 Å². The SMILES string of the molecule is CNC(=O)[C@H](C)N(Cc1cccc(Br)c1)C(=O)CN(c1ccc(C(C)(C)C)cc1)S(C)(=O)=O. The van der Waals surface area contributed by atoms with Crippen LogP contribution in [0.3, 0.4) is 0 Å². The molecule has 0 heterocycles. The molecule has 180 valence electrons. The Hall–Kier alpha value is -2.39. The minimum absolute atomic E-state index is 0.0893. The quantitative estimate of drug-likeness (QED) is 0.556. The molecule has 0 saturated heterocycles. The summed E-state index contributed by atoms with van der Waals surface area (Å²) in [6, 6.07) is 13.8. The van der Waals surface area contributed by atoms with Gasteiger partial charge in [0.1, 0.15) is 12.6 Å². The van der Waals surface area contributed by atoms with Gasteiger partial charge in [-0.25, -0.2) is 8.42 Å². The van der Waals surface area contributed by atoms with Gasteiger partial charge in [0.05, 0.1) is 11.9 Å². The van der Waals surface area contributed by atoms with E-state index in [0.717, 1.165) is 26.2 Å². The Balaban J connectivity index is 2.39. The molecule has 0 aliphatic rings. The van der Waals surface area contributed by atoms with Crippen LogP contribution in [-0.4, -0.2) is 51.0 Å². The van der Waals surface area contributed by atoms with Crippen molar-refractivity contribution in [3.8, 4) is 0 Å². The van der Waals surface area contributed by atoms with Crippen molar-refractivity contribution in [3.05, 3.63) is 64.1 Å². The molecule has 0 bridgehead atoms. The van der Waals surface area contributed by atoms with Crippen molar-refractivity contribution in [1.29, 1.82) is 0 Å². The van der Waals surface area contributed by atoms with Crippen molar-refractivity contribution >= 4 is 43.5 Å². The number of nitrogens with zero attached hydrogens (tertiary/aromatic N) is 2. The average molecular weight is 539 g/mol. The van der Waals surface area contributed by atoms with Crippen LogP contribution in [-0.2, 0) is 31.6 Å². The molecule has 0 fully saturated rings. The van der Waals surface area contributed by atoms with Gasteiger partial charge in [-0.1, -0.05) is 61.0 Å². The molecule has 0 spiro atoms. The van der Waals surface area contributed by atoms with Gasteiger partial charge < -0.3 is 10.2 Å². The number of halogens is 1.